The zero-order valence-corrected chi connectivity index (χ0v) is 25.0. The van der Waals surface area contributed by atoms with Crippen molar-refractivity contribution >= 4 is 5.91 Å². The van der Waals surface area contributed by atoms with Gasteiger partial charge in [-0.2, -0.15) is 0 Å². The third-order valence-electron chi connectivity index (χ3n) is 6.75. The molecule has 0 aliphatic heterocycles. The van der Waals surface area contributed by atoms with Gasteiger partial charge in [0.05, 0.1) is 0 Å². The molecule has 0 atom stereocenters. The average molecular weight is 528 g/mol. The summed E-state index contributed by atoms with van der Waals surface area (Å²) >= 11 is 0. The van der Waals surface area contributed by atoms with Crippen molar-refractivity contribution in [3.63, 3.8) is 0 Å². The van der Waals surface area contributed by atoms with Crippen LogP contribution in [0.2, 0.25) is 0 Å². The highest BCUT2D eigenvalue weighted by Gasteiger charge is 2.08. The molecule has 0 radical (unpaired) electrons. The molecule has 0 heterocycles. The first-order chi connectivity index (χ1) is 18.2. The summed E-state index contributed by atoms with van der Waals surface area (Å²) in [6.07, 6.45) is 16.1. The quantitative estimate of drug-likeness (QED) is 0.0696. The number of carbonyl (C=O) groups excluding carboxylic acids is 1. The number of rotatable bonds is 31. The Morgan fingerprint density at radius 2 is 0.865 bits per heavy atom. The van der Waals surface area contributed by atoms with Gasteiger partial charge in [0.2, 0.25) is 5.91 Å². The number of hydrogen-bond acceptors (Lipinski definition) is 7. The van der Waals surface area contributed by atoms with E-state index in [0.717, 1.165) is 78.4 Å². The van der Waals surface area contributed by atoms with Crippen LogP contribution >= 0.6 is 0 Å². The van der Waals surface area contributed by atoms with E-state index in [9.17, 15) is 4.79 Å². The molecule has 1 amide bonds. The summed E-state index contributed by atoms with van der Waals surface area (Å²) in [6.45, 7) is 13.7. The van der Waals surface area contributed by atoms with Crippen LogP contribution in [-0.2, 0) is 4.79 Å². The molecule has 8 nitrogen and oxygen atoms in total. The summed E-state index contributed by atoms with van der Waals surface area (Å²) in [5.41, 5.74) is 0. The van der Waals surface area contributed by atoms with E-state index in [1.165, 1.54) is 77.0 Å². The van der Waals surface area contributed by atoms with Crippen LogP contribution in [0.3, 0.4) is 0 Å². The first-order valence-corrected chi connectivity index (χ1v) is 15.6. The first-order valence-electron chi connectivity index (χ1n) is 15.6. The minimum absolute atomic E-state index is 0.0813. The molecule has 0 spiro atoms. The monoisotopic (exact) mass is 528 g/mol. The van der Waals surface area contributed by atoms with E-state index in [1.807, 2.05) is 14.1 Å². The third kappa shape index (κ3) is 31.3. The van der Waals surface area contributed by atoms with Gasteiger partial charge in [0.25, 0.3) is 0 Å². The second-order valence-electron chi connectivity index (χ2n) is 10.5. The van der Waals surface area contributed by atoms with E-state index in [1.54, 1.807) is 6.92 Å². The predicted octanol–water partition coefficient (Wildman–Crippen LogP) is 2.61. The van der Waals surface area contributed by atoms with Crippen molar-refractivity contribution in [2.24, 2.45) is 5.92 Å². The molecule has 0 saturated heterocycles. The zero-order chi connectivity index (χ0) is 27.1. The normalized spacial score (nSPS) is 11.5. The molecule has 222 valence electrons. The highest BCUT2D eigenvalue weighted by atomic mass is 16.1. The maximum atomic E-state index is 11.0. The number of carbonyl (C=O) groups is 1. The van der Waals surface area contributed by atoms with Gasteiger partial charge >= 0.3 is 0 Å². The van der Waals surface area contributed by atoms with Gasteiger partial charge in [-0.1, -0.05) is 19.3 Å². The van der Waals surface area contributed by atoms with Gasteiger partial charge < -0.3 is 37.2 Å². The van der Waals surface area contributed by atoms with E-state index >= 15 is 0 Å². The SMILES string of the molecule is CNCCCCNCCCCNCC(CCCCCCNC(C)=O)CNCCCCNCCCCNC. The molecule has 37 heavy (non-hydrogen) atoms. The van der Waals surface area contributed by atoms with Crippen molar-refractivity contribution in [3.8, 4) is 0 Å². The van der Waals surface area contributed by atoms with E-state index in [2.05, 4.69) is 37.2 Å². The van der Waals surface area contributed by atoms with Crippen LogP contribution in [0.1, 0.15) is 90.4 Å². The lowest BCUT2D eigenvalue weighted by Crippen LogP contribution is -2.32. The maximum Gasteiger partial charge on any atom is 0.216 e. The number of hydrogen-bond donors (Lipinski definition) is 7. The molecule has 0 rings (SSSR count). The van der Waals surface area contributed by atoms with Crippen LogP contribution in [-0.4, -0.2) is 92.0 Å². The van der Waals surface area contributed by atoms with Crippen molar-refractivity contribution in [2.75, 3.05) is 86.1 Å². The molecule has 0 aliphatic carbocycles. The average Bonchev–Trinajstić information content (AvgIpc) is 2.89. The van der Waals surface area contributed by atoms with Crippen LogP contribution in [0, 0.1) is 5.92 Å². The van der Waals surface area contributed by atoms with Crippen molar-refractivity contribution in [1.82, 2.24) is 37.2 Å². The van der Waals surface area contributed by atoms with E-state index < -0.39 is 0 Å². The lowest BCUT2D eigenvalue weighted by Gasteiger charge is -2.19. The Hall–Kier alpha value is -0.770. The summed E-state index contributed by atoms with van der Waals surface area (Å²) in [4.78, 5) is 11.0. The molecule has 0 aromatic carbocycles. The Kier molecular flexibility index (Phi) is 30.8. The van der Waals surface area contributed by atoms with Crippen LogP contribution in [0.15, 0.2) is 0 Å². The van der Waals surface area contributed by atoms with E-state index in [4.69, 9.17) is 0 Å². The minimum atomic E-state index is 0.0813. The van der Waals surface area contributed by atoms with Crippen molar-refractivity contribution in [1.29, 1.82) is 0 Å². The van der Waals surface area contributed by atoms with Gasteiger partial charge in [-0.05, 0) is 150 Å². The second-order valence-corrected chi connectivity index (χ2v) is 10.5. The fourth-order valence-electron chi connectivity index (χ4n) is 4.42. The summed E-state index contributed by atoms with van der Waals surface area (Å²) in [5.74, 6) is 0.781. The van der Waals surface area contributed by atoms with Gasteiger partial charge in [0.1, 0.15) is 0 Å². The van der Waals surface area contributed by atoms with Gasteiger partial charge in [-0.15, -0.1) is 0 Å². The largest absolute Gasteiger partial charge is 0.356 e. The van der Waals surface area contributed by atoms with Gasteiger partial charge in [0.15, 0.2) is 0 Å². The van der Waals surface area contributed by atoms with Gasteiger partial charge in [-0.25, -0.2) is 0 Å². The number of amides is 1. The van der Waals surface area contributed by atoms with Gasteiger partial charge in [-0.3, -0.25) is 4.79 Å². The lowest BCUT2D eigenvalue weighted by atomic mass is 10.00. The summed E-state index contributed by atoms with van der Waals surface area (Å²) in [5, 5.41) is 23.9. The topological polar surface area (TPSA) is 101 Å². The molecule has 0 aliphatic rings. The second kappa shape index (κ2) is 31.4. The zero-order valence-electron chi connectivity index (χ0n) is 25.0. The van der Waals surface area contributed by atoms with Crippen LogP contribution in [0.4, 0.5) is 0 Å². The Bertz CT molecular complexity index is 428. The van der Waals surface area contributed by atoms with Crippen LogP contribution < -0.4 is 37.2 Å². The molecule has 0 unspecified atom stereocenters. The summed E-state index contributed by atoms with van der Waals surface area (Å²) < 4.78 is 0. The molecule has 0 bridgehead atoms. The molecule has 7 N–H and O–H groups in total. The highest BCUT2D eigenvalue weighted by molar-refractivity contribution is 5.72. The summed E-state index contributed by atoms with van der Waals surface area (Å²) in [6, 6.07) is 0. The molecule has 0 aromatic rings. The fourth-order valence-corrected chi connectivity index (χ4v) is 4.42. The van der Waals surface area contributed by atoms with E-state index in [0.29, 0.717) is 5.92 Å². The molecular formula is C29H65N7O. The van der Waals surface area contributed by atoms with Crippen molar-refractivity contribution in [2.45, 2.75) is 90.4 Å². The summed E-state index contributed by atoms with van der Waals surface area (Å²) in [7, 11) is 4.04. The Morgan fingerprint density at radius 3 is 1.30 bits per heavy atom. The Labute approximate surface area is 230 Å². The standard InChI is InChI=1S/C29H65N7O/c1-28(37)36-25-7-5-4-6-16-29(26-34-23-14-12-21-32-19-10-8-17-30-2)27-35-24-15-13-22-33-20-11-9-18-31-3/h29-35H,4-27H2,1-3H3,(H,36,37). The first kappa shape index (κ1) is 36.2. The number of nitrogens with one attached hydrogen (secondary N) is 7. The Balaban J connectivity index is 3.87. The molecule has 0 aromatic heterocycles. The minimum Gasteiger partial charge on any atom is -0.356 e. The van der Waals surface area contributed by atoms with Crippen LogP contribution in [0.5, 0.6) is 0 Å². The molecule has 8 heteroatoms. The highest BCUT2D eigenvalue weighted by Crippen LogP contribution is 2.10. The van der Waals surface area contributed by atoms with Crippen molar-refractivity contribution in [3.05, 3.63) is 0 Å². The van der Waals surface area contributed by atoms with Crippen LogP contribution in [0.25, 0.3) is 0 Å². The third-order valence-corrected chi connectivity index (χ3v) is 6.75. The van der Waals surface area contributed by atoms with Gasteiger partial charge in [0, 0.05) is 13.5 Å². The number of unbranched alkanes of at least 4 members (excludes halogenated alkanes) is 7. The molecular weight excluding hydrogens is 462 g/mol. The molecule has 0 saturated carbocycles. The van der Waals surface area contributed by atoms with E-state index in [-0.39, 0.29) is 5.91 Å². The predicted molar refractivity (Wildman–Crippen MR) is 162 cm³/mol. The lowest BCUT2D eigenvalue weighted by molar-refractivity contribution is -0.118. The van der Waals surface area contributed by atoms with Crippen molar-refractivity contribution < 1.29 is 4.79 Å². The Morgan fingerprint density at radius 1 is 0.486 bits per heavy atom. The maximum absolute atomic E-state index is 11.0. The molecule has 0 fully saturated rings. The smallest absolute Gasteiger partial charge is 0.216 e. The fraction of sp³-hybridized carbons (Fsp3) is 0.966.